The van der Waals surface area contributed by atoms with Crippen molar-refractivity contribution < 1.29 is 9.59 Å². The van der Waals surface area contributed by atoms with Crippen LogP contribution in [-0.4, -0.2) is 16.8 Å². The van der Waals surface area contributed by atoms with Gasteiger partial charge in [0.2, 0.25) is 0 Å². The van der Waals surface area contributed by atoms with Crippen LogP contribution < -0.4 is 10.6 Å². The molecule has 0 fully saturated rings. The Morgan fingerprint density at radius 3 is 2.62 bits per heavy atom. The molecular weight excluding hydrogens is 322 g/mol. The standard InChI is InChI=1S/C18H15N3O2S/c1-12-5-3-9-19-16(12)21-17(22)13-6-2-7-14(11-13)20-18(23)15-8-4-10-24-15/h2-11H,1H3,(H,20,23)(H,19,21,22). The summed E-state index contributed by atoms with van der Waals surface area (Å²) in [5.74, 6) is 0.0580. The minimum absolute atomic E-state index is 0.192. The summed E-state index contributed by atoms with van der Waals surface area (Å²) in [5, 5.41) is 7.41. The molecule has 0 saturated heterocycles. The number of aryl methyl sites for hydroxylation is 1. The number of hydrogen-bond donors (Lipinski definition) is 2. The molecule has 120 valence electrons. The van der Waals surface area contributed by atoms with Gasteiger partial charge in [-0.1, -0.05) is 18.2 Å². The van der Waals surface area contributed by atoms with E-state index in [-0.39, 0.29) is 11.8 Å². The van der Waals surface area contributed by atoms with Gasteiger partial charge in [0, 0.05) is 17.4 Å². The van der Waals surface area contributed by atoms with Crippen molar-refractivity contribution in [3.8, 4) is 0 Å². The van der Waals surface area contributed by atoms with Crippen LogP contribution in [0.25, 0.3) is 0 Å². The Morgan fingerprint density at radius 1 is 1.00 bits per heavy atom. The third kappa shape index (κ3) is 3.67. The maximum absolute atomic E-state index is 12.4. The van der Waals surface area contributed by atoms with E-state index >= 15 is 0 Å². The van der Waals surface area contributed by atoms with Gasteiger partial charge in [-0.25, -0.2) is 4.98 Å². The van der Waals surface area contributed by atoms with E-state index in [9.17, 15) is 9.59 Å². The second kappa shape index (κ2) is 7.06. The minimum atomic E-state index is -0.274. The quantitative estimate of drug-likeness (QED) is 0.757. The van der Waals surface area contributed by atoms with E-state index in [0.717, 1.165) is 5.56 Å². The molecule has 2 aromatic heterocycles. The minimum Gasteiger partial charge on any atom is -0.321 e. The second-order valence-corrected chi connectivity index (χ2v) is 6.08. The zero-order valence-corrected chi connectivity index (χ0v) is 13.8. The molecule has 6 heteroatoms. The van der Waals surface area contributed by atoms with Gasteiger partial charge in [-0.05, 0) is 48.2 Å². The van der Waals surface area contributed by atoms with Crippen LogP contribution in [0.2, 0.25) is 0 Å². The van der Waals surface area contributed by atoms with E-state index in [0.29, 0.717) is 21.9 Å². The lowest BCUT2D eigenvalue weighted by Gasteiger charge is -2.09. The number of nitrogens with zero attached hydrogens (tertiary/aromatic N) is 1. The molecule has 2 amide bonds. The van der Waals surface area contributed by atoms with Crippen LogP contribution in [0.1, 0.15) is 25.6 Å². The molecule has 0 aliphatic rings. The molecule has 0 unspecified atom stereocenters. The van der Waals surface area contributed by atoms with Gasteiger partial charge in [-0.15, -0.1) is 11.3 Å². The number of carbonyl (C=O) groups is 2. The Kier molecular flexibility index (Phi) is 4.67. The molecule has 0 aliphatic heterocycles. The van der Waals surface area contributed by atoms with Gasteiger partial charge < -0.3 is 10.6 Å². The van der Waals surface area contributed by atoms with Crippen LogP contribution in [0.5, 0.6) is 0 Å². The molecule has 0 bridgehead atoms. The summed E-state index contributed by atoms with van der Waals surface area (Å²) >= 11 is 1.36. The van der Waals surface area contributed by atoms with Gasteiger partial charge in [0.15, 0.2) is 0 Å². The van der Waals surface area contributed by atoms with E-state index < -0.39 is 0 Å². The fraction of sp³-hybridized carbons (Fsp3) is 0.0556. The molecular formula is C18H15N3O2S. The highest BCUT2D eigenvalue weighted by Crippen LogP contribution is 2.16. The molecule has 1 aromatic carbocycles. The summed E-state index contributed by atoms with van der Waals surface area (Å²) in [7, 11) is 0. The number of rotatable bonds is 4. The molecule has 0 atom stereocenters. The molecule has 3 rings (SSSR count). The average molecular weight is 337 g/mol. The number of carbonyl (C=O) groups excluding carboxylic acids is 2. The lowest BCUT2D eigenvalue weighted by molar-refractivity contribution is 0.101. The third-order valence-corrected chi connectivity index (χ3v) is 4.24. The van der Waals surface area contributed by atoms with Crippen molar-refractivity contribution in [3.63, 3.8) is 0 Å². The van der Waals surface area contributed by atoms with Crippen LogP contribution in [0.15, 0.2) is 60.1 Å². The topological polar surface area (TPSA) is 71.1 Å². The number of benzene rings is 1. The molecule has 0 aliphatic carbocycles. The van der Waals surface area contributed by atoms with Crippen LogP contribution in [0, 0.1) is 6.92 Å². The van der Waals surface area contributed by atoms with E-state index in [4.69, 9.17) is 0 Å². The average Bonchev–Trinajstić information content (AvgIpc) is 3.12. The van der Waals surface area contributed by atoms with Gasteiger partial charge in [-0.2, -0.15) is 0 Å². The smallest absolute Gasteiger partial charge is 0.265 e. The number of nitrogens with one attached hydrogen (secondary N) is 2. The first-order valence-electron chi connectivity index (χ1n) is 7.31. The van der Waals surface area contributed by atoms with Crippen LogP contribution in [0.3, 0.4) is 0 Å². The fourth-order valence-electron chi connectivity index (χ4n) is 2.13. The monoisotopic (exact) mass is 337 g/mol. The highest BCUT2D eigenvalue weighted by Gasteiger charge is 2.11. The summed E-state index contributed by atoms with van der Waals surface area (Å²) in [5.41, 5.74) is 1.90. The maximum atomic E-state index is 12.4. The molecule has 5 nitrogen and oxygen atoms in total. The van der Waals surface area contributed by atoms with Crippen molar-refractivity contribution in [3.05, 3.63) is 76.1 Å². The third-order valence-electron chi connectivity index (χ3n) is 3.37. The Morgan fingerprint density at radius 2 is 1.88 bits per heavy atom. The molecule has 0 spiro atoms. The Bertz CT molecular complexity index is 875. The molecule has 0 radical (unpaired) electrons. The number of pyridine rings is 1. The Balaban J connectivity index is 1.74. The predicted octanol–water partition coefficient (Wildman–Crippen LogP) is 3.96. The van der Waals surface area contributed by atoms with Gasteiger partial charge in [0.05, 0.1) is 4.88 Å². The van der Waals surface area contributed by atoms with Gasteiger partial charge in [-0.3, -0.25) is 9.59 Å². The number of hydrogen-bond acceptors (Lipinski definition) is 4. The van der Waals surface area contributed by atoms with Crippen molar-refractivity contribution in [1.29, 1.82) is 0 Å². The van der Waals surface area contributed by atoms with Gasteiger partial charge in [0.25, 0.3) is 11.8 Å². The number of aromatic nitrogens is 1. The van der Waals surface area contributed by atoms with E-state index in [1.54, 1.807) is 36.5 Å². The molecule has 0 saturated carbocycles. The number of thiophene rings is 1. The SMILES string of the molecule is Cc1cccnc1NC(=O)c1cccc(NC(=O)c2cccs2)c1. The number of anilines is 2. The normalized spacial score (nSPS) is 10.2. The van der Waals surface area contributed by atoms with Crippen molar-refractivity contribution >= 4 is 34.7 Å². The van der Waals surface area contributed by atoms with Crippen LogP contribution in [0.4, 0.5) is 11.5 Å². The van der Waals surface area contributed by atoms with Crippen molar-refractivity contribution in [2.24, 2.45) is 0 Å². The summed E-state index contributed by atoms with van der Waals surface area (Å²) < 4.78 is 0. The van der Waals surface area contributed by atoms with E-state index in [1.807, 2.05) is 30.5 Å². The summed E-state index contributed by atoms with van der Waals surface area (Å²) in [4.78, 5) is 29.2. The highest BCUT2D eigenvalue weighted by molar-refractivity contribution is 7.12. The predicted molar refractivity (Wildman–Crippen MR) is 95.6 cm³/mol. The van der Waals surface area contributed by atoms with E-state index in [1.165, 1.54) is 11.3 Å². The fourth-order valence-corrected chi connectivity index (χ4v) is 2.75. The lowest BCUT2D eigenvalue weighted by atomic mass is 10.2. The van der Waals surface area contributed by atoms with Gasteiger partial charge >= 0.3 is 0 Å². The molecule has 2 N–H and O–H groups in total. The highest BCUT2D eigenvalue weighted by atomic mass is 32.1. The lowest BCUT2D eigenvalue weighted by Crippen LogP contribution is -2.15. The first-order valence-corrected chi connectivity index (χ1v) is 8.19. The molecule has 2 heterocycles. The summed E-state index contributed by atoms with van der Waals surface area (Å²) in [6.07, 6.45) is 1.63. The first-order chi connectivity index (χ1) is 11.6. The first kappa shape index (κ1) is 15.9. The van der Waals surface area contributed by atoms with E-state index in [2.05, 4.69) is 15.6 Å². The summed E-state index contributed by atoms with van der Waals surface area (Å²) in [6.45, 7) is 1.88. The van der Waals surface area contributed by atoms with Crippen molar-refractivity contribution in [2.75, 3.05) is 10.6 Å². The van der Waals surface area contributed by atoms with Crippen molar-refractivity contribution in [2.45, 2.75) is 6.92 Å². The zero-order valence-electron chi connectivity index (χ0n) is 12.9. The Labute approximate surface area is 143 Å². The van der Waals surface area contributed by atoms with Crippen LogP contribution in [-0.2, 0) is 0 Å². The zero-order chi connectivity index (χ0) is 16.9. The Hall–Kier alpha value is -2.99. The second-order valence-electron chi connectivity index (χ2n) is 5.14. The van der Waals surface area contributed by atoms with Crippen molar-refractivity contribution in [1.82, 2.24) is 4.98 Å². The maximum Gasteiger partial charge on any atom is 0.265 e. The molecule has 3 aromatic rings. The largest absolute Gasteiger partial charge is 0.321 e. The van der Waals surface area contributed by atoms with Gasteiger partial charge in [0.1, 0.15) is 5.82 Å². The molecule has 24 heavy (non-hydrogen) atoms. The van der Waals surface area contributed by atoms with Crippen LogP contribution >= 0.6 is 11.3 Å². The number of amides is 2. The summed E-state index contributed by atoms with van der Waals surface area (Å²) in [6, 6.07) is 14.1.